The molecule has 0 radical (unpaired) electrons. The minimum absolute atomic E-state index is 0.200. The Labute approximate surface area is 476 Å². The van der Waals surface area contributed by atoms with E-state index in [1.54, 1.807) is 0 Å². The van der Waals surface area contributed by atoms with Gasteiger partial charge in [-0.2, -0.15) is 0 Å². The Morgan fingerprint density at radius 3 is 0.870 bits per heavy atom. The summed E-state index contributed by atoms with van der Waals surface area (Å²) in [5.41, 5.74) is 0. The summed E-state index contributed by atoms with van der Waals surface area (Å²) in [6.07, 6.45) is 53.9. The molecule has 3 unspecified atom stereocenters. The predicted octanol–water partition coefficient (Wildman–Crippen LogP) is 19.5. The first-order chi connectivity index (χ1) is 37.4. The molecule has 0 fully saturated rings. The van der Waals surface area contributed by atoms with Gasteiger partial charge in [0.05, 0.1) is 6.61 Å². The fourth-order valence-electron chi connectivity index (χ4n) is 9.02. The van der Waals surface area contributed by atoms with Crippen molar-refractivity contribution in [3.05, 3.63) is 0 Å². The van der Waals surface area contributed by atoms with Crippen molar-refractivity contribution in [1.29, 1.82) is 0 Å². The average molecular weight is 1160 g/mol. The summed E-state index contributed by atoms with van der Waals surface area (Å²) in [5.74, 6) is 0. The van der Waals surface area contributed by atoms with Gasteiger partial charge in [0.25, 0.3) is 0 Å². The first kappa shape index (κ1) is 79.4. The molecule has 77 heavy (non-hydrogen) atoms. The van der Waals surface area contributed by atoms with Crippen molar-refractivity contribution in [2.75, 3.05) is 91.5 Å². The molecule has 0 aliphatic heterocycles. The summed E-state index contributed by atoms with van der Waals surface area (Å²) < 4.78 is 73.1. The van der Waals surface area contributed by atoms with Gasteiger partial charge in [0.15, 0.2) is 0 Å². The summed E-state index contributed by atoms with van der Waals surface area (Å²) in [5, 5.41) is 0. The smallest absolute Gasteiger partial charge is 0.353 e. The first-order valence-corrected chi connectivity index (χ1v) is 38.5. The lowest BCUT2D eigenvalue weighted by atomic mass is 10.0. The molecule has 0 aromatic heterocycles. The molecule has 0 heterocycles. The van der Waals surface area contributed by atoms with Crippen molar-refractivity contribution < 1.29 is 61.3 Å². The summed E-state index contributed by atoms with van der Waals surface area (Å²) >= 11 is 0. The van der Waals surface area contributed by atoms with Gasteiger partial charge in [0, 0.05) is 59.1 Å². The fourth-order valence-corrected chi connectivity index (χ4v) is 11.7. The Morgan fingerprint density at radius 2 is 0.545 bits per heavy atom. The van der Waals surface area contributed by atoms with Crippen LogP contribution >= 0.6 is 22.3 Å². The summed E-state index contributed by atoms with van der Waals surface area (Å²) in [7, 11) is -10.3. The maximum atomic E-state index is 12.1. The maximum Gasteiger partial charge on any atom is 0.353 e. The van der Waals surface area contributed by atoms with Crippen LogP contribution in [0.2, 0.25) is 0 Å². The molecular formula is C61H129O13P3. The molecule has 466 valence electrons. The van der Waals surface area contributed by atoms with Crippen molar-refractivity contribution in [2.24, 2.45) is 0 Å². The quantitative estimate of drug-likeness (QED) is 0.0298. The Kier molecular flexibility index (Phi) is 65.8. The van der Waals surface area contributed by atoms with E-state index in [-0.39, 0.29) is 31.8 Å². The van der Waals surface area contributed by atoms with E-state index in [9.17, 15) is 23.5 Å². The van der Waals surface area contributed by atoms with Crippen molar-refractivity contribution in [1.82, 2.24) is 0 Å². The lowest BCUT2D eigenvalue weighted by molar-refractivity contribution is -0.0556. The van der Waals surface area contributed by atoms with Crippen LogP contribution in [0.4, 0.5) is 0 Å². The second-order valence-electron chi connectivity index (χ2n) is 22.2. The van der Waals surface area contributed by atoms with E-state index in [1.165, 1.54) is 219 Å². The number of rotatable bonds is 65. The number of unbranched alkanes of at least 4 members (excludes halogenated alkanes) is 38. The topological polar surface area (TPSA) is 177 Å². The SMILES string of the molecule is CCCCCCCCCCCCCCCCOCCCOP(=O)(O)COCCCCCCCCCCCOCCCCCCCC.CCCCCCCCCCOCOCCCCCCCCP(=O)(O)COCP(C)(=O)O. The highest BCUT2D eigenvalue weighted by molar-refractivity contribution is 7.58. The lowest BCUT2D eigenvalue weighted by Gasteiger charge is -2.13. The summed E-state index contributed by atoms with van der Waals surface area (Å²) in [4.78, 5) is 28.9. The van der Waals surface area contributed by atoms with E-state index in [4.69, 9.17) is 37.8 Å². The number of ether oxygens (including phenoxy) is 6. The highest BCUT2D eigenvalue weighted by Gasteiger charge is 2.21. The molecule has 3 N–H and O–H groups in total. The first-order valence-electron chi connectivity index (χ1n) is 32.4. The van der Waals surface area contributed by atoms with E-state index in [0.717, 1.165) is 84.2 Å². The standard InChI is InChI=1S/C39H81O6P.C22H48O7P2/c1-3-5-7-9-11-12-13-14-15-16-18-21-26-30-35-43-37-32-38-45-46(40,41)39-44-36-31-27-23-20-17-19-22-25-29-34-42-33-28-24-10-8-6-4-2;1-3-4-5-6-7-8-11-14-17-27-20-28-18-15-12-9-10-13-16-19-31(25,26)22-29-21-30(2,23)24/h3-39H2,1-2H3,(H,40,41);3-22H2,1-2H3,(H,23,24)(H,25,26). The Hall–Kier alpha value is 0.290. The second kappa shape index (κ2) is 63.9. The van der Waals surface area contributed by atoms with Gasteiger partial charge in [-0.1, -0.05) is 252 Å². The third-order valence-electron chi connectivity index (χ3n) is 13.8. The van der Waals surface area contributed by atoms with Crippen molar-refractivity contribution in [3.63, 3.8) is 0 Å². The molecule has 0 aromatic carbocycles. The third kappa shape index (κ3) is 74.3. The summed E-state index contributed by atoms with van der Waals surface area (Å²) in [6, 6.07) is 0. The zero-order valence-electron chi connectivity index (χ0n) is 51.1. The molecule has 3 atom stereocenters. The molecule has 0 spiro atoms. The largest absolute Gasteiger partial charge is 0.381 e. The van der Waals surface area contributed by atoms with Gasteiger partial charge in [-0.15, -0.1) is 0 Å². The Morgan fingerprint density at radius 1 is 0.273 bits per heavy atom. The van der Waals surface area contributed by atoms with E-state index < -0.39 is 22.3 Å². The van der Waals surface area contributed by atoms with Gasteiger partial charge in [-0.25, -0.2) is 0 Å². The molecule has 13 nitrogen and oxygen atoms in total. The molecule has 0 aliphatic carbocycles. The van der Waals surface area contributed by atoms with Crippen LogP contribution in [0.25, 0.3) is 0 Å². The van der Waals surface area contributed by atoms with Crippen LogP contribution in [0.15, 0.2) is 0 Å². The second-order valence-corrected chi connectivity index (χ2v) is 28.8. The van der Waals surface area contributed by atoms with E-state index in [2.05, 4.69) is 20.8 Å². The van der Waals surface area contributed by atoms with Crippen LogP contribution in [0.3, 0.4) is 0 Å². The van der Waals surface area contributed by atoms with Gasteiger partial charge >= 0.3 is 7.60 Å². The van der Waals surface area contributed by atoms with Gasteiger partial charge < -0.3 is 47.6 Å². The average Bonchev–Trinajstić information content (AvgIpc) is 3.39. The van der Waals surface area contributed by atoms with Crippen LogP contribution in [-0.2, 0) is 46.6 Å². The van der Waals surface area contributed by atoms with Crippen molar-refractivity contribution in [3.8, 4) is 0 Å². The molecule has 0 saturated heterocycles. The van der Waals surface area contributed by atoms with E-state index in [0.29, 0.717) is 39.5 Å². The van der Waals surface area contributed by atoms with E-state index in [1.807, 2.05) is 0 Å². The molecule has 0 bridgehead atoms. The zero-order valence-corrected chi connectivity index (χ0v) is 53.8. The van der Waals surface area contributed by atoms with Gasteiger partial charge in [-0.3, -0.25) is 13.7 Å². The normalized spacial score (nSPS) is 14.1. The van der Waals surface area contributed by atoms with Crippen LogP contribution in [0, 0.1) is 0 Å². The monoisotopic (exact) mass is 1160 g/mol. The fraction of sp³-hybridized carbons (Fsp3) is 1.00. The highest BCUT2D eigenvalue weighted by atomic mass is 31.2. The predicted molar refractivity (Wildman–Crippen MR) is 326 cm³/mol. The third-order valence-corrected chi connectivity index (χ3v) is 17.2. The maximum absolute atomic E-state index is 12.1. The lowest BCUT2D eigenvalue weighted by Crippen LogP contribution is -2.05. The Bertz CT molecular complexity index is 1280. The van der Waals surface area contributed by atoms with Gasteiger partial charge in [0.2, 0.25) is 14.7 Å². The van der Waals surface area contributed by atoms with Crippen LogP contribution < -0.4 is 0 Å². The molecule has 16 heteroatoms. The number of hydrogen-bond acceptors (Lipinski definition) is 10. The highest BCUT2D eigenvalue weighted by Crippen LogP contribution is 2.44. The van der Waals surface area contributed by atoms with Crippen LogP contribution in [0.5, 0.6) is 0 Å². The summed E-state index contributed by atoms with van der Waals surface area (Å²) in [6.45, 7) is 13.8. The van der Waals surface area contributed by atoms with Crippen LogP contribution in [-0.4, -0.2) is 106 Å². The minimum Gasteiger partial charge on any atom is -0.381 e. The molecule has 0 amide bonds. The minimum atomic E-state index is -3.67. The van der Waals surface area contributed by atoms with Gasteiger partial charge in [-0.05, 0) is 51.4 Å². The zero-order chi connectivity index (χ0) is 56.8. The van der Waals surface area contributed by atoms with Gasteiger partial charge in [0.1, 0.15) is 25.8 Å². The molecule has 0 aromatic rings. The van der Waals surface area contributed by atoms with Crippen LogP contribution in [0.1, 0.15) is 303 Å². The Balaban J connectivity index is 0. The molecular weight excluding hydrogens is 1030 g/mol. The molecule has 0 saturated carbocycles. The van der Waals surface area contributed by atoms with Crippen molar-refractivity contribution in [2.45, 2.75) is 303 Å². The van der Waals surface area contributed by atoms with Crippen molar-refractivity contribution >= 4 is 22.3 Å². The molecule has 0 aliphatic rings. The van der Waals surface area contributed by atoms with E-state index >= 15 is 0 Å². The number of hydrogen-bond donors (Lipinski definition) is 3. The molecule has 0 rings (SSSR count).